The van der Waals surface area contributed by atoms with Gasteiger partial charge in [-0.15, -0.1) is 0 Å². The third-order valence-corrected chi connectivity index (χ3v) is 4.42. The second-order valence-electron chi connectivity index (χ2n) is 5.15. The highest BCUT2D eigenvalue weighted by Crippen LogP contribution is 2.29. The molecule has 1 aromatic carbocycles. The second-order valence-corrected chi connectivity index (χ2v) is 6.07. The van der Waals surface area contributed by atoms with Crippen LogP contribution in [-0.2, 0) is 4.79 Å². The molecule has 0 spiro atoms. The number of nitrogens with zero attached hydrogens (tertiary/aromatic N) is 2. The molecule has 5 nitrogen and oxygen atoms in total. The molecule has 2 aliphatic rings. The molecule has 106 valence electrons. The van der Waals surface area contributed by atoms with Crippen LogP contribution >= 0.6 is 15.9 Å². The van der Waals surface area contributed by atoms with E-state index in [9.17, 15) is 14.7 Å². The first-order valence-corrected chi connectivity index (χ1v) is 7.43. The van der Waals surface area contributed by atoms with Crippen LogP contribution < -0.4 is 0 Å². The predicted octanol–water partition coefficient (Wildman–Crippen LogP) is 1.91. The highest BCUT2D eigenvalue weighted by molar-refractivity contribution is 9.10. The highest BCUT2D eigenvalue weighted by Gasteiger charge is 2.47. The van der Waals surface area contributed by atoms with Crippen molar-refractivity contribution in [3.8, 4) is 0 Å². The number of β-amino-alcohol motifs (C(OH)–C–C–N with tert-alkyl or cyclic N) is 1. The van der Waals surface area contributed by atoms with E-state index >= 15 is 0 Å². The molecule has 0 aliphatic carbocycles. The van der Waals surface area contributed by atoms with E-state index in [4.69, 9.17) is 0 Å². The van der Waals surface area contributed by atoms with Gasteiger partial charge < -0.3 is 10.0 Å². The SMILES string of the molecule is O=C1C2CCCN2C(=O)N1CC(O)c1ccc(Br)cc1. The van der Waals surface area contributed by atoms with Crippen LogP contribution in [0.1, 0.15) is 24.5 Å². The lowest BCUT2D eigenvalue weighted by molar-refractivity contribution is -0.128. The summed E-state index contributed by atoms with van der Waals surface area (Å²) >= 11 is 3.33. The Bertz CT molecular complexity index is 524. The molecular weight excluding hydrogens is 324 g/mol. The highest BCUT2D eigenvalue weighted by atomic mass is 79.9. The van der Waals surface area contributed by atoms with Crippen LogP contribution in [0.4, 0.5) is 4.79 Å². The molecule has 0 aromatic heterocycles. The number of hydrogen-bond acceptors (Lipinski definition) is 3. The summed E-state index contributed by atoms with van der Waals surface area (Å²) in [7, 11) is 0. The minimum absolute atomic E-state index is 0.0201. The van der Waals surface area contributed by atoms with Gasteiger partial charge in [0.15, 0.2) is 0 Å². The van der Waals surface area contributed by atoms with Gasteiger partial charge in [-0.25, -0.2) is 4.79 Å². The zero-order valence-electron chi connectivity index (χ0n) is 10.8. The first kappa shape index (κ1) is 13.6. The summed E-state index contributed by atoms with van der Waals surface area (Å²) in [6, 6.07) is 6.63. The van der Waals surface area contributed by atoms with E-state index in [-0.39, 0.29) is 24.5 Å². The first-order chi connectivity index (χ1) is 9.58. The average molecular weight is 339 g/mol. The summed E-state index contributed by atoms with van der Waals surface area (Å²) in [6.45, 7) is 0.659. The summed E-state index contributed by atoms with van der Waals surface area (Å²) < 4.78 is 0.919. The van der Waals surface area contributed by atoms with Gasteiger partial charge >= 0.3 is 6.03 Å². The van der Waals surface area contributed by atoms with E-state index in [1.807, 2.05) is 12.1 Å². The van der Waals surface area contributed by atoms with Gasteiger partial charge in [0, 0.05) is 11.0 Å². The fraction of sp³-hybridized carbons (Fsp3) is 0.429. The monoisotopic (exact) mass is 338 g/mol. The van der Waals surface area contributed by atoms with Gasteiger partial charge in [-0.05, 0) is 30.5 Å². The molecule has 2 atom stereocenters. The van der Waals surface area contributed by atoms with Gasteiger partial charge in [0.1, 0.15) is 6.04 Å². The average Bonchev–Trinajstić information content (AvgIpc) is 2.99. The second kappa shape index (κ2) is 5.18. The van der Waals surface area contributed by atoms with Gasteiger partial charge in [0.25, 0.3) is 5.91 Å². The Kier molecular flexibility index (Phi) is 3.52. The predicted molar refractivity (Wildman–Crippen MR) is 75.9 cm³/mol. The van der Waals surface area contributed by atoms with Crippen molar-refractivity contribution in [2.24, 2.45) is 0 Å². The zero-order chi connectivity index (χ0) is 14.3. The van der Waals surface area contributed by atoms with Crippen LogP contribution in [0.2, 0.25) is 0 Å². The summed E-state index contributed by atoms with van der Waals surface area (Å²) in [4.78, 5) is 27.1. The van der Waals surface area contributed by atoms with Crippen LogP contribution in [0.25, 0.3) is 0 Å². The molecule has 6 heteroatoms. The van der Waals surface area contributed by atoms with Crippen LogP contribution in [0.15, 0.2) is 28.7 Å². The number of aliphatic hydroxyl groups excluding tert-OH is 1. The van der Waals surface area contributed by atoms with E-state index in [0.717, 1.165) is 17.3 Å². The molecule has 2 unspecified atom stereocenters. The lowest BCUT2D eigenvalue weighted by atomic mass is 10.1. The number of fused-ring (bicyclic) bond motifs is 1. The fourth-order valence-electron chi connectivity index (χ4n) is 2.81. The van der Waals surface area contributed by atoms with Gasteiger partial charge in [-0.2, -0.15) is 0 Å². The number of aliphatic hydroxyl groups is 1. The largest absolute Gasteiger partial charge is 0.387 e. The lowest BCUT2D eigenvalue weighted by Gasteiger charge is -2.19. The molecule has 2 aliphatic heterocycles. The van der Waals surface area contributed by atoms with Crippen LogP contribution in [-0.4, -0.2) is 46.0 Å². The van der Waals surface area contributed by atoms with Crippen molar-refractivity contribution >= 4 is 27.9 Å². The summed E-state index contributed by atoms with van der Waals surface area (Å²) in [5.74, 6) is -0.177. The Morgan fingerprint density at radius 1 is 1.30 bits per heavy atom. The van der Waals surface area contributed by atoms with Crippen LogP contribution in [0, 0.1) is 0 Å². The molecule has 3 amide bonds. The zero-order valence-corrected chi connectivity index (χ0v) is 12.4. The Hall–Kier alpha value is -1.40. The number of benzene rings is 1. The first-order valence-electron chi connectivity index (χ1n) is 6.63. The normalized spacial score (nSPS) is 23.4. The number of urea groups is 1. The molecule has 0 saturated carbocycles. The standard InChI is InChI=1S/C14H15BrN2O3/c15-10-5-3-9(4-6-10)12(18)8-17-13(19)11-2-1-7-16(11)14(17)20/h3-6,11-12,18H,1-2,7-8H2. The van der Waals surface area contributed by atoms with Crippen LogP contribution in [0.3, 0.4) is 0 Å². The number of imide groups is 1. The Morgan fingerprint density at radius 2 is 2.00 bits per heavy atom. The number of rotatable bonds is 3. The van der Waals surface area contributed by atoms with Crippen molar-refractivity contribution in [2.45, 2.75) is 25.0 Å². The van der Waals surface area contributed by atoms with E-state index in [1.165, 1.54) is 4.90 Å². The maximum Gasteiger partial charge on any atom is 0.327 e. The minimum Gasteiger partial charge on any atom is -0.387 e. The van der Waals surface area contributed by atoms with E-state index in [1.54, 1.807) is 17.0 Å². The minimum atomic E-state index is -0.851. The van der Waals surface area contributed by atoms with Gasteiger partial charge in [0.05, 0.1) is 12.6 Å². The van der Waals surface area contributed by atoms with Crippen molar-refractivity contribution in [1.82, 2.24) is 9.80 Å². The smallest absolute Gasteiger partial charge is 0.327 e. The third-order valence-electron chi connectivity index (χ3n) is 3.89. The van der Waals surface area contributed by atoms with E-state index < -0.39 is 6.10 Å². The number of amides is 3. The molecule has 3 rings (SSSR count). The molecule has 1 N–H and O–H groups in total. The number of hydrogen-bond donors (Lipinski definition) is 1. The Morgan fingerprint density at radius 3 is 2.65 bits per heavy atom. The molecule has 2 saturated heterocycles. The quantitative estimate of drug-likeness (QED) is 0.856. The van der Waals surface area contributed by atoms with Crippen molar-refractivity contribution in [3.63, 3.8) is 0 Å². The number of carbonyl (C=O) groups excluding carboxylic acids is 2. The van der Waals surface area contributed by atoms with Gasteiger partial charge in [0.2, 0.25) is 0 Å². The van der Waals surface area contributed by atoms with E-state index in [0.29, 0.717) is 12.1 Å². The summed E-state index contributed by atoms with van der Waals surface area (Å²) in [6.07, 6.45) is 0.761. The molecule has 2 fully saturated rings. The fourth-order valence-corrected chi connectivity index (χ4v) is 3.08. The Labute approximate surface area is 125 Å². The number of carbonyl (C=O) groups is 2. The molecule has 0 bridgehead atoms. The maximum absolute atomic E-state index is 12.2. The third kappa shape index (κ3) is 2.23. The van der Waals surface area contributed by atoms with Crippen molar-refractivity contribution in [1.29, 1.82) is 0 Å². The Balaban J connectivity index is 1.73. The van der Waals surface area contributed by atoms with Crippen LogP contribution in [0.5, 0.6) is 0 Å². The topological polar surface area (TPSA) is 60.9 Å². The van der Waals surface area contributed by atoms with Gasteiger partial charge in [-0.1, -0.05) is 28.1 Å². The van der Waals surface area contributed by atoms with Crippen molar-refractivity contribution < 1.29 is 14.7 Å². The number of halogens is 1. The molecular formula is C14H15BrN2O3. The molecule has 0 radical (unpaired) electrons. The summed E-state index contributed by atoms with van der Waals surface area (Å²) in [5, 5.41) is 10.2. The van der Waals surface area contributed by atoms with Crippen molar-refractivity contribution in [2.75, 3.05) is 13.1 Å². The van der Waals surface area contributed by atoms with Crippen molar-refractivity contribution in [3.05, 3.63) is 34.3 Å². The molecule has 1 aromatic rings. The molecule has 20 heavy (non-hydrogen) atoms. The van der Waals surface area contributed by atoms with Gasteiger partial charge in [-0.3, -0.25) is 9.69 Å². The summed E-state index contributed by atoms with van der Waals surface area (Å²) in [5.41, 5.74) is 0.695. The molecule has 2 heterocycles. The lowest BCUT2D eigenvalue weighted by Crippen LogP contribution is -2.36. The maximum atomic E-state index is 12.2. The van der Waals surface area contributed by atoms with E-state index in [2.05, 4.69) is 15.9 Å².